The average molecular weight is 724 g/mol. The summed E-state index contributed by atoms with van der Waals surface area (Å²) >= 11 is 0. The van der Waals surface area contributed by atoms with E-state index in [1.54, 1.807) is 24.3 Å². The van der Waals surface area contributed by atoms with Gasteiger partial charge in [0.2, 0.25) is 11.8 Å². The number of hydroxylamine groups is 2. The minimum absolute atomic E-state index is 0.0380. The third-order valence-corrected chi connectivity index (χ3v) is 10.5. The number of benzene rings is 1. The molecule has 0 spiro atoms. The topological polar surface area (TPSA) is 182 Å². The Balaban J connectivity index is 1.22. The number of hydrogen-bond acceptors (Lipinski definition) is 12. The predicted molar refractivity (Wildman–Crippen MR) is 165 cm³/mol. The Morgan fingerprint density at radius 2 is 1.80 bits per heavy atom. The van der Waals surface area contributed by atoms with Crippen LogP contribution >= 0.6 is 0 Å². The lowest BCUT2D eigenvalue weighted by molar-refractivity contribution is -0.235. The number of carbonyl (C=O) groups is 4. The van der Waals surface area contributed by atoms with Gasteiger partial charge in [-0.05, 0) is 49.8 Å². The first-order chi connectivity index (χ1) is 24.3. The van der Waals surface area contributed by atoms with Crippen LogP contribution in [0.15, 0.2) is 30.3 Å². The Kier molecular flexibility index (Phi) is 9.41. The van der Waals surface area contributed by atoms with E-state index >= 15 is 0 Å². The smallest absolute Gasteiger partial charge is 0.422 e. The molecule has 8 atom stereocenters. The maximum absolute atomic E-state index is 14.6. The summed E-state index contributed by atoms with van der Waals surface area (Å²) in [5.41, 5.74) is -0.795. The zero-order chi connectivity index (χ0) is 36.3. The minimum atomic E-state index is -4.69. The van der Waals surface area contributed by atoms with Crippen molar-refractivity contribution in [1.82, 2.24) is 15.7 Å². The van der Waals surface area contributed by atoms with Gasteiger partial charge in [-0.15, -0.1) is 0 Å². The first kappa shape index (κ1) is 35.8. The molecule has 2 amide bonds. The highest BCUT2D eigenvalue weighted by Gasteiger charge is 2.78. The molecule has 51 heavy (non-hydrogen) atoms. The summed E-state index contributed by atoms with van der Waals surface area (Å²) < 4.78 is 61.4. The molecule has 3 aliphatic heterocycles. The normalized spacial score (nSPS) is 32.2. The fourth-order valence-electron chi connectivity index (χ4n) is 8.00. The van der Waals surface area contributed by atoms with Gasteiger partial charge in [0.05, 0.1) is 19.3 Å². The van der Waals surface area contributed by atoms with Crippen molar-refractivity contribution < 1.29 is 66.3 Å². The molecule has 7 rings (SSSR count). The third-order valence-electron chi connectivity index (χ3n) is 10.5. The molecule has 14 nitrogen and oxygen atoms in total. The number of hydrogen-bond donors (Lipinski definition) is 4. The highest BCUT2D eigenvalue weighted by Crippen LogP contribution is 2.63. The van der Waals surface area contributed by atoms with E-state index in [2.05, 4.69) is 15.4 Å². The van der Waals surface area contributed by atoms with E-state index in [1.165, 1.54) is 18.1 Å². The van der Waals surface area contributed by atoms with Gasteiger partial charge in [-0.1, -0.05) is 24.3 Å². The largest absolute Gasteiger partial charge is 0.458 e. The summed E-state index contributed by atoms with van der Waals surface area (Å²) in [6.07, 6.45) is -3.90. The summed E-state index contributed by atoms with van der Waals surface area (Å²) in [6.45, 7) is -1.05. The van der Waals surface area contributed by atoms with E-state index in [-0.39, 0.29) is 38.0 Å². The molecular weight excluding hydrogens is 683 g/mol. The first-order valence-electron chi connectivity index (χ1n) is 17.1. The second-order valence-electron chi connectivity index (χ2n) is 14.1. The van der Waals surface area contributed by atoms with Crippen molar-refractivity contribution in [1.29, 1.82) is 0 Å². The number of alkyl halides is 3. The highest BCUT2D eigenvalue weighted by molar-refractivity contribution is 5.96. The molecular formula is C34H40F3N3O11. The van der Waals surface area contributed by atoms with Crippen LogP contribution in [0.5, 0.6) is 0 Å². The lowest BCUT2D eigenvalue weighted by Crippen LogP contribution is -2.71. The number of nitrogens with zero attached hydrogens (tertiary/aromatic N) is 1. The molecule has 278 valence electrons. The summed E-state index contributed by atoms with van der Waals surface area (Å²) in [5.74, 6) is -4.10. The zero-order valence-corrected chi connectivity index (χ0v) is 27.7. The van der Waals surface area contributed by atoms with Crippen LogP contribution in [-0.4, -0.2) is 113 Å². The standard InChI is InChI=1S/C34H40F3N3O11/c1-17(42)24(29(44)38-12-13-41)39-31(46)32-14-22-25-26(50-34(49-25,20-7-8-20)21-9-10-21)28(32)51-40(27(32)30(45)48-22)15-19-5-3-2-4-18(19)6-11-23(43)47-16-33(35,36)37/h2-6,11,17,20-22,24-28,41-42H,7-10,12-16H2,1H3,(H,38,44)(H,39,46)/t17-,22+,24+,25-,26-,27-,28+,32-/m0/s1. The fraction of sp³-hybridized carbons (Fsp3) is 0.647. The van der Waals surface area contributed by atoms with Crippen molar-refractivity contribution in [3.63, 3.8) is 0 Å². The van der Waals surface area contributed by atoms with Crippen molar-refractivity contribution in [2.75, 3.05) is 19.8 Å². The minimum Gasteiger partial charge on any atom is -0.458 e. The number of nitrogens with one attached hydrogen (secondary N) is 2. The molecule has 6 aliphatic rings. The molecule has 2 bridgehead atoms. The lowest BCUT2D eigenvalue weighted by Gasteiger charge is -2.49. The van der Waals surface area contributed by atoms with E-state index < -0.39 is 90.3 Å². The van der Waals surface area contributed by atoms with E-state index in [9.17, 15) is 42.6 Å². The van der Waals surface area contributed by atoms with Crippen LogP contribution in [-0.2, 0) is 49.5 Å². The number of aliphatic hydroxyl groups excluding tert-OH is 2. The average Bonchev–Trinajstić information content (AvgIpc) is 4.03. The number of aliphatic hydroxyl groups is 2. The summed E-state index contributed by atoms with van der Waals surface area (Å²) in [5, 5.41) is 26.2. The predicted octanol–water partition coefficient (Wildman–Crippen LogP) is 0.880. The number of esters is 2. The van der Waals surface area contributed by atoms with Crippen molar-refractivity contribution in [2.45, 2.75) is 100 Å². The Morgan fingerprint density at radius 3 is 2.45 bits per heavy atom. The maximum Gasteiger partial charge on any atom is 0.422 e. The Bertz CT molecular complexity index is 1570. The number of carbonyl (C=O) groups excluding carboxylic acids is 4. The molecule has 1 aromatic rings. The van der Waals surface area contributed by atoms with Crippen LogP contribution < -0.4 is 10.6 Å². The number of fused-ring (bicyclic) bond motifs is 4. The zero-order valence-electron chi connectivity index (χ0n) is 27.7. The molecule has 0 aromatic heterocycles. The molecule has 17 heteroatoms. The molecule has 0 radical (unpaired) electrons. The highest BCUT2D eigenvalue weighted by atomic mass is 19.4. The summed E-state index contributed by atoms with van der Waals surface area (Å²) in [7, 11) is 0. The monoisotopic (exact) mass is 723 g/mol. The number of halogens is 3. The van der Waals surface area contributed by atoms with Crippen LogP contribution in [0.25, 0.3) is 6.08 Å². The van der Waals surface area contributed by atoms with Gasteiger partial charge < -0.3 is 39.8 Å². The van der Waals surface area contributed by atoms with Crippen LogP contribution in [0.1, 0.15) is 50.2 Å². The Labute approximate surface area is 290 Å². The lowest BCUT2D eigenvalue weighted by atomic mass is 9.62. The van der Waals surface area contributed by atoms with Gasteiger partial charge in [0, 0.05) is 30.9 Å². The van der Waals surface area contributed by atoms with Crippen molar-refractivity contribution in [3.05, 3.63) is 41.5 Å². The maximum atomic E-state index is 14.6. The van der Waals surface area contributed by atoms with Crippen LogP contribution in [0.2, 0.25) is 0 Å². The first-order valence-corrected chi connectivity index (χ1v) is 17.1. The van der Waals surface area contributed by atoms with Crippen LogP contribution in [0.3, 0.4) is 0 Å². The summed E-state index contributed by atoms with van der Waals surface area (Å²) in [6, 6.07) is 3.78. The molecule has 3 heterocycles. The van der Waals surface area contributed by atoms with Gasteiger partial charge in [-0.2, -0.15) is 18.2 Å². The van der Waals surface area contributed by atoms with Gasteiger partial charge >= 0.3 is 18.1 Å². The molecule has 3 saturated carbocycles. The van der Waals surface area contributed by atoms with Gasteiger partial charge in [-0.3, -0.25) is 19.2 Å². The van der Waals surface area contributed by atoms with E-state index in [4.69, 9.17) is 19.0 Å². The fourth-order valence-corrected chi connectivity index (χ4v) is 8.00. The molecule has 3 aliphatic carbocycles. The van der Waals surface area contributed by atoms with Gasteiger partial charge in [0.1, 0.15) is 35.9 Å². The number of amides is 2. The van der Waals surface area contributed by atoms with Crippen molar-refractivity contribution in [2.24, 2.45) is 17.3 Å². The SMILES string of the molecule is C[C@H](O)[C@@H](NC(=O)[C@@]12C[C@H]3OC(=O)[C@@H]1N(Cc1ccccc1C=CC(=O)OCC(F)(F)F)O[C@@H]2[C@H]1OC(C2CC2)(C2CC2)O[C@H]13)C(=O)NCCO. The second-order valence-corrected chi connectivity index (χ2v) is 14.1. The molecule has 1 aromatic carbocycles. The number of ether oxygens (including phenoxy) is 4. The third kappa shape index (κ3) is 6.63. The van der Waals surface area contributed by atoms with E-state index in [0.717, 1.165) is 31.8 Å². The van der Waals surface area contributed by atoms with Crippen LogP contribution in [0, 0.1) is 17.3 Å². The molecule has 6 fully saturated rings. The van der Waals surface area contributed by atoms with Gasteiger partial charge in [0.15, 0.2) is 18.4 Å². The van der Waals surface area contributed by atoms with Gasteiger partial charge in [-0.25, -0.2) is 4.79 Å². The molecule has 0 unspecified atom stereocenters. The number of rotatable bonds is 13. The molecule has 4 N–H and O–H groups in total. The van der Waals surface area contributed by atoms with E-state index in [1.807, 2.05) is 0 Å². The summed E-state index contributed by atoms with van der Waals surface area (Å²) in [4.78, 5) is 60.2. The Hall–Kier alpha value is -3.61. The molecule has 3 saturated heterocycles. The van der Waals surface area contributed by atoms with Crippen LogP contribution in [0.4, 0.5) is 13.2 Å². The van der Waals surface area contributed by atoms with E-state index in [0.29, 0.717) is 11.1 Å². The quantitative estimate of drug-likeness (QED) is 0.167. The second kappa shape index (κ2) is 13.4. The van der Waals surface area contributed by atoms with Crippen molar-refractivity contribution >= 4 is 29.8 Å². The van der Waals surface area contributed by atoms with Gasteiger partial charge in [0.25, 0.3) is 0 Å². The van der Waals surface area contributed by atoms with Crippen molar-refractivity contribution in [3.8, 4) is 0 Å². The Morgan fingerprint density at radius 1 is 1.12 bits per heavy atom.